The number of pyridine rings is 1. The van der Waals surface area contributed by atoms with Crippen LogP contribution >= 0.6 is 0 Å². The first-order valence-corrected chi connectivity index (χ1v) is 6.16. The van der Waals surface area contributed by atoms with E-state index in [2.05, 4.69) is 4.98 Å². The molecule has 1 amide bonds. The summed E-state index contributed by atoms with van der Waals surface area (Å²) in [5.74, 6) is 0.0556. The quantitative estimate of drug-likeness (QED) is 0.840. The van der Waals surface area contributed by atoms with Crippen LogP contribution in [-0.4, -0.2) is 34.4 Å². The lowest BCUT2D eigenvalue weighted by molar-refractivity contribution is 0.0583. The molecule has 0 saturated carbocycles. The van der Waals surface area contributed by atoms with Gasteiger partial charge in [0.25, 0.3) is 5.91 Å². The molecule has 1 aromatic rings. The number of carbonyl (C=O) groups excluding carboxylic acids is 1. The van der Waals surface area contributed by atoms with Crippen molar-refractivity contribution in [1.82, 2.24) is 9.88 Å². The third-order valence-corrected chi connectivity index (χ3v) is 3.33. The molecule has 4 heteroatoms. The molecule has 92 valence electrons. The van der Waals surface area contributed by atoms with Crippen LogP contribution in [0.3, 0.4) is 0 Å². The minimum atomic E-state index is 0.0240. The van der Waals surface area contributed by atoms with Gasteiger partial charge in [-0.15, -0.1) is 0 Å². The fourth-order valence-corrected chi connectivity index (χ4v) is 2.41. The second kappa shape index (κ2) is 5.27. The van der Waals surface area contributed by atoms with Crippen LogP contribution in [0.5, 0.6) is 0 Å². The molecule has 0 spiro atoms. The molecule has 1 fully saturated rings. The van der Waals surface area contributed by atoms with Crippen molar-refractivity contribution in [3.63, 3.8) is 0 Å². The average molecular weight is 233 g/mol. The van der Waals surface area contributed by atoms with Crippen molar-refractivity contribution >= 4 is 5.91 Å². The molecule has 2 atom stereocenters. The molecule has 4 nitrogen and oxygen atoms in total. The normalized spacial score (nSPS) is 22.2. The van der Waals surface area contributed by atoms with E-state index in [0.717, 1.165) is 25.8 Å². The van der Waals surface area contributed by atoms with Gasteiger partial charge in [0, 0.05) is 31.0 Å². The molecular formula is C13H19N3O. The van der Waals surface area contributed by atoms with Crippen molar-refractivity contribution in [1.29, 1.82) is 0 Å². The Bertz CT molecular complexity index is 378. The zero-order valence-electron chi connectivity index (χ0n) is 10.2. The van der Waals surface area contributed by atoms with Crippen LogP contribution in [-0.2, 0) is 0 Å². The smallest absolute Gasteiger partial charge is 0.255 e. The van der Waals surface area contributed by atoms with E-state index in [4.69, 9.17) is 5.73 Å². The number of aromatic nitrogens is 1. The van der Waals surface area contributed by atoms with E-state index in [1.807, 2.05) is 17.9 Å². The maximum Gasteiger partial charge on any atom is 0.255 e. The summed E-state index contributed by atoms with van der Waals surface area (Å²) in [5.41, 5.74) is 6.62. The van der Waals surface area contributed by atoms with Crippen LogP contribution < -0.4 is 5.73 Å². The van der Waals surface area contributed by atoms with E-state index >= 15 is 0 Å². The summed E-state index contributed by atoms with van der Waals surface area (Å²) in [7, 11) is 0. The van der Waals surface area contributed by atoms with Crippen molar-refractivity contribution < 1.29 is 4.79 Å². The van der Waals surface area contributed by atoms with Gasteiger partial charge in [-0.3, -0.25) is 9.78 Å². The number of rotatable bonds is 2. The highest BCUT2D eigenvalue weighted by Gasteiger charge is 2.29. The Morgan fingerprint density at radius 1 is 1.59 bits per heavy atom. The monoisotopic (exact) mass is 233 g/mol. The summed E-state index contributed by atoms with van der Waals surface area (Å²) in [6.45, 7) is 2.78. The summed E-state index contributed by atoms with van der Waals surface area (Å²) in [6.07, 6.45) is 6.52. The largest absolute Gasteiger partial charge is 0.334 e. The zero-order valence-corrected chi connectivity index (χ0v) is 10.2. The van der Waals surface area contributed by atoms with E-state index < -0.39 is 0 Å². The SMILES string of the molecule is CC(N)C1CCCCN1C(=O)c1cccnc1. The van der Waals surface area contributed by atoms with Gasteiger partial charge in [0.05, 0.1) is 5.56 Å². The van der Waals surface area contributed by atoms with Crippen LogP contribution in [0.15, 0.2) is 24.5 Å². The lowest BCUT2D eigenvalue weighted by atomic mass is 9.96. The summed E-state index contributed by atoms with van der Waals surface area (Å²) < 4.78 is 0. The molecule has 0 aromatic carbocycles. The second-order valence-corrected chi connectivity index (χ2v) is 4.66. The molecule has 0 bridgehead atoms. The molecule has 1 aliphatic heterocycles. The Hall–Kier alpha value is -1.42. The van der Waals surface area contributed by atoms with Gasteiger partial charge in [-0.25, -0.2) is 0 Å². The molecule has 0 radical (unpaired) electrons. The van der Waals surface area contributed by atoms with Crippen LogP contribution in [0.4, 0.5) is 0 Å². The fraction of sp³-hybridized carbons (Fsp3) is 0.538. The van der Waals surface area contributed by atoms with Gasteiger partial charge in [0.1, 0.15) is 0 Å². The molecule has 1 aliphatic rings. The predicted octanol–water partition coefficient (Wildman–Crippen LogP) is 1.42. The van der Waals surface area contributed by atoms with E-state index in [1.54, 1.807) is 18.5 Å². The van der Waals surface area contributed by atoms with Gasteiger partial charge in [-0.1, -0.05) is 0 Å². The van der Waals surface area contributed by atoms with Gasteiger partial charge < -0.3 is 10.6 Å². The Labute approximate surface area is 102 Å². The molecule has 17 heavy (non-hydrogen) atoms. The van der Waals surface area contributed by atoms with Crippen molar-refractivity contribution in [3.05, 3.63) is 30.1 Å². The molecule has 2 unspecified atom stereocenters. The third kappa shape index (κ3) is 2.64. The first-order chi connectivity index (χ1) is 8.20. The van der Waals surface area contributed by atoms with Crippen LogP contribution in [0.1, 0.15) is 36.5 Å². The number of likely N-dealkylation sites (tertiary alicyclic amines) is 1. The summed E-state index contributed by atoms with van der Waals surface area (Å²) in [4.78, 5) is 18.2. The summed E-state index contributed by atoms with van der Waals surface area (Å²) in [6, 6.07) is 3.78. The highest BCUT2D eigenvalue weighted by atomic mass is 16.2. The average Bonchev–Trinajstić information content (AvgIpc) is 2.39. The van der Waals surface area contributed by atoms with Gasteiger partial charge in [-0.2, -0.15) is 0 Å². The Morgan fingerprint density at radius 2 is 2.41 bits per heavy atom. The first-order valence-electron chi connectivity index (χ1n) is 6.16. The molecule has 2 heterocycles. The van der Waals surface area contributed by atoms with Crippen molar-refractivity contribution in [2.75, 3.05) is 6.54 Å². The number of nitrogens with two attached hydrogens (primary N) is 1. The standard InChI is InChI=1S/C13H19N3O/c1-10(14)12-6-2-3-8-16(12)13(17)11-5-4-7-15-9-11/h4-5,7,9-10,12H,2-3,6,8,14H2,1H3. The molecule has 0 aliphatic carbocycles. The maximum absolute atomic E-state index is 12.3. The molecule has 1 aromatic heterocycles. The van der Waals surface area contributed by atoms with E-state index in [0.29, 0.717) is 5.56 Å². The van der Waals surface area contributed by atoms with Crippen molar-refractivity contribution in [2.45, 2.75) is 38.3 Å². The molecule has 2 rings (SSSR count). The minimum absolute atomic E-state index is 0.0240. The lowest BCUT2D eigenvalue weighted by Crippen LogP contribution is -2.51. The number of carbonyl (C=O) groups is 1. The Kier molecular flexibility index (Phi) is 3.74. The number of piperidine rings is 1. The minimum Gasteiger partial charge on any atom is -0.334 e. The Balaban J connectivity index is 2.17. The van der Waals surface area contributed by atoms with Crippen molar-refractivity contribution in [2.24, 2.45) is 5.73 Å². The van der Waals surface area contributed by atoms with Gasteiger partial charge in [0.2, 0.25) is 0 Å². The van der Waals surface area contributed by atoms with Gasteiger partial charge in [0.15, 0.2) is 0 Å². The number of amides is 1. The number of nitrogens with zero attached hydrogens (tertiary/aromatic N) is 2. The second-order valence-electron chi connectivity index (χ2n) is 4.66. The molecule has 2 N–H and O–H groups in total. The third-order valence-electron chi connectivity index (χ3n) is 3.33. The number of hydrogen-bond donors (Lipinski definition) is 1. The summed E-state index contributed by atoms with van der Waals surface area (Å²) in [5, 5.41) is 0. The Morgan fingerprint density at radius 3 is 3.06 bits per heavy atom. The van der Waals surface area contributed by atoms with E-state index in [-0.39, 0.29) is 18.0 Å². The molecule has 1 saturated heterocycles. The van der Waals surface area contributed by atoms with Crippen LogP contribution in [0.25, 0.3) is 0 Å². The van der Waals surface area contributed by atoms with Gasteiger partial charge in [-0.05, 0) is 38.3 Å². The maximum atomic E-state index is 12.3. The van der Waals surface area contributed by atoms with Crippen LogP contribution in [0, 0.1) is 0 Å². The first kappa shape index (κ1) is 12.0. The fourth-order valence-electron chi connectivity index (χ4n) is 2.41. The zero-order chi connectivity index (χ0) is 12.3. The molecular weight excluding hydrogens is 214 g/mol. The topological polar surface area (TPSA) is 59.2 Å². The highest BCUT2D eigenvalue weighted by molar-refractivity contribution is 5.94. The van der Waals surface area contributed by atoms with E-state index in [9.17, 15) is 4.79 Å². The highest BCUT2D eigenvalue weighted by Crippen LogP contribution is 2.21. The van der Waals surface area contributed by atoms with Crippen LogP contribution in [0.2, 0.25) is 0 Å². The van der Waals surface area contributed by atoms with Crippen molar-refractivity contribution in [3.8, 4) is 0 Å². The lowest BCUT2D eigenvalue weighted by Gasteiger charge is -2.38. The number of hydrogen-bond acceptors (Lipinski definition) is 3. The predicted molar refractivity (Wildman–Crippen MR) is 66.6 cm³/mol. The van der Waals surface area contributed by atoms with E-state index in [1.165, 1.54) is 0 Å². The summed E-state index contributed by atoms with van der Waals surface area (Å²) >= 11 is 0. The van der Waals surface area contributed by atoms with Gasteiger partial charge >= 0.3 is 0 Å².